The molecule has 3 rings (SSSR count). The van der Waals surface area contributed by atoms with E-state index in [0.29, 0.717) is 17.5 Å². The summed E-state index contributed by atoms with van der Waals surface area (Å²) in [5, 5.41) is 16.0. The second-order valence-corrected chi connectivity index (χ2v) is 8.16. The lowest BCUT2D eigenvalue weighted by Crippen LogP contribution is -2.30. The molecule has 0 aliphatic rings. The molecule has 0 aliphatic carbocycles. The van der Waals surface area contributed by atoms with Gasteiger partial charge >= 0.3 is 0 Å². The van der Waals surface area contributed by atoms with Gasteiger partial charge in [-0.25, -0.2) is 0 Å². The van der Waals surface area contributed by atoms with Gasteiger partial charge in [-0.15, -0.1) is 0 Å². The SMILES string of the molecule is Cc1ccc(Cn2cc(Br)c(NC(=S)NCCCn3nc(C)cc3C)n2)cc1. The lowest BCUT2D eigenvalue weighted by Gasteiger charge is -2.09. The van der Waals surface area contributed by atoms with Crippen molar-refractivity contribution in [3.63, 3.8) is 0 Å². The molecule has 0 unspecified atom stereocenters. The second-order valence-electron chi connectivity index (χ2n) is 6.89. The van der Waals surface area contributed by atoms with E-state index in [2.05, 4.69) is 80.9 Å². The number of benzene rings is 1. The molecule has 0 amide bonds. The average molecular weight is 461 g/mol. The summed E-state index contributed by atoms with van der Waals surface area (Å²) in [6, 6.07) is 10.5. The van der Waals surface area contributed by atoms with Crippen LogP contribution in [-0.2, 0) is 13.1 Å². The Balaban J connectivity index is 1.46. The first kappa shape index (κ1) is 20.5. The van der Waals surface area contributed by atoms with Crippen molar-refractivity contribution in [2.24, 2.45) is 0 Å². The number of thiocarbonyl (C=S) groups is 1. The van der Waals surface area contributed by atoms with Gasteiger partial charge in [0, 0.05) is 25.0 Å². The highest BCUT2D eigenvalue weighted by Gasteiger charge is 2.09. The van der Waals surface area contributed by atoms with E-state index in [9.17, 15) is 0 Å². The molecule has 0 fully saturated rings. The van der Waals surface area contributed by atoms with Gasteiger partial charge in [0.1, 0.15) is 0 Å². The van der Waals surface area contributed by atoms with E-state index in [0.717, 1.165) is 29.7 Å². The Morgan fingerprint density at radius 3 is 2.57 bits per heavy atom. The third kappa shape index (κ3) is 5.65. The fraction of sp³-hybridized carbons (Fsp3) is 0.350. The number of anilines is 1. The van der Waals surface area contributed by atoms with Crippen LogP contribution in [0.4, 0.5) is 5.82 Å². The van der Waals surface area contributed by atoms with Gasteiger partial charge in [-0.1, -0.05) is 29.8 Å². The highest BCUT2D eigenvalue weighted by molar-refractivity contribution is 9.10. The standard InChI is InChI=1S/C20H25BrN6S/c1-14-5-7-17(8-6-14)12-26-13-18(21)19(25-26)23-20(28)22-9-4-10-27-16(3)11-15(2)24-27/h5-8,11,13H,4,9-10,12H2,1-3H3,(H2,22,23,25,28). The van der Waals surface area contributed by atoms with Crippen molar-refractivity contribution in [1.82, 2.24) is 24.9 Å². The molecule has 6 nitrogen and oxygen atoms in total. The number of nitrogens with zero attached hydrogens (tertiary/aromatic N) is 4. The van der Waals surface area contributed by atoms with Gasteiger partial charge in [0.05, 0.1) is 16.7 Å². The van der Waals surface area contributed by atoms with Gasteiger partial charge in [-0.2, -0.15) is 10.2 Å². The molecule has 1 aromatic carbocycles. The number of hydrogen-bond acceptors (Lipinski definition) is 3. The molecule has 0 radical (unpaired) electrons. The highest BCUT2D eigenvalue weighted by Crippen LogP contribution is 2.20. The Morgan fingerprint density at radius 1 is 1.14 bits per heavy atom. The summed E-state index contributed by atoms with van der Waals surface area (Å²) in [5.41, 5.74) is 4.69. The van der Waals surface area contributed by atoms with Crippen LogP contribution in [0.2, 0.25) is 0 Å². The zero-order valence-corrected chi connectivity index (χ0v) is 18.8. The van der Waals surface area contributed by atoms with Crippen molar-refractivity contribution >= 4 is 39.1 Å². The molecule has 0 bridgehead atoms. The third-order valence-electron chi connectivity index (χ3n) is 4.35. The fourth-order valence-electron chi connectivity index (χ4n) is 2.93. The predicted octanol–water partition coefficient (Wildman–Crippen LogP) is 4.19. The molecule has 0 saturated heterocycles. The highest BCUT2D eigenvalue weighted by atomic mass is 79.9. The average Bonchev–Trinajstić information content (AvgIpc) is 3.14. The second kappa shape index (κ2) is 9.34. The summed E-state index contributed by atoms with van der Waals surface area (Å²) in [7, 11) is 0. The molecule has 28 heavy (non-hydrogen) atoms. The molecular weight excluding hydrogens is 436 g/mol. The van der Waals surface area contributed by atoms with Crippen LogP contribution in [-0.4, -0.2) is 31.2 Å². The molecule has 0 atom stereocenters. The molecule has 2 heterocycles. The Bertz CT molecular complexity index is 944. The number of hydrogen-bond donors (Lipinski definition) is 2. The zero-order valence-electron chi connectivity index (χ0n) is 16.4. The van der Waals surface area contributed by atoms with Crippen molar-refractivity contribution in [3.8, 4) is 0 Å². The first-order valence-electron chi connectivity index (χ1n) is 9.25. The maximum absolute atomic E-state index is 5.39. The Morgan fingerprint density at radius 2 is 1.89 bits per heavy atom. The van der Waals surface area contributed by atoms with Crippen molar-refractivity contribution < 1.29 is 0 Å². The molecule has 2 N–H and O–H groups in total. The minimum Gasteiger partial charge on any atom is -0.362 e. The first-order chi connectivity index (χ1) is 13.4. The summed E-state index contributed by atoms with van der Waals surface area (Å²) in [6.45, 7) is 8.52. The maximum atomic E-state index is 5.39. The van der Waals surface area contributed by atoms with Crippen LogP contribution in [0.5, 0.6) is 0 Å². The van der Waals surface area contributed by atoms with Crippen LogP contribution >= 0.6 is 28.1 Å². The van der Waals surface area contributed by atoms with Gasteiger partial charge in [-0.05, 0) is 67.0 Å². The van der Waals surface area contributed by atoms with E-state index in [1.807, 2.05) is 22.5 Å². The summed E-state index contributed by atoms with van der Waals surface area (Å²) < 4.78 is 4.80. The minimum atomic E-state index is 0.564. The molecule has 2 aromatic heterocycles. The number of rotatable bonds is 7. The van der Waals surface area contributed by atoms with E-state index in [4.69, 9.17) is 12.2 Å². The smallest absolute Gasteiger partial charge is 0.172 e. The van der Waals surface area contributed by atoms with Crippen LogP contribution in [0, 0.1) is 20.8 Å². The summed E-state index contributed by atoms with van der Waals surface area (Å²) in [6.07, 6.45) is 2.89. The molecule has 0 saturated carbocycles. The van der Waals surface area contributed by atoms with Crippen molar-refractivity contribution in [2.45, 2.75) is 40.3 Å². The zero-order chi connectivity index (χ0) is 20.1. The first-order valence-corrected chi connectivity index (χ1v) is 10.5. The summed E-state index contributed by atoms with van der Waals surface area (Å²) >= 11 is 8.94. The number of halogens is 1. The summed E-state index contributed by atoms with van der Waals surface area (Å²) in [5.74, 6) is 0.711. The minimum absolute atomic E-state index is 0.564. The van der Waals surface area contributed by atoms with Gasteiger partial charge < -0.3 is 10.6 Å². The number of aromatic nitrogens is 4. The Hall–Kier alpha value is -2.19. The van der Waals surface area contributed by atoms with E-state index >= 15 is 0 Å². The van der Waals surface area contributed by atoms with Crippen LogP contribution in [0.1, 0.15) is 28.9 Å². The molecule has 148 valence electrons. The lowest BCUT2D eigenvalue weighted by atomic mass is 10.1. The van der Waals surface area contributed by atoms with Crippen LogP contribution < -0.4 is 10.6 Å². The fourth-order valence-corrected chi connectivity index (χ4v) is 3.54. The van der Waals surface area contributed by atoms with Crippen molar-refractivity contribution in [3.05, 3.63) is 63.5 Å². The van der Waals surface area contributed by atoms with E-state index in [1.165, 1.54) is 16.8 Å². The monoisotopic (exact) mass is 460 g/mol. The van der Waals surface area contributed by atoms with Crippen LogP contribution in [0.15, 0.2) is 41.0 Å². The van der Waals surface area contributed by atoms with Gasteiger partial charge in [0.2, 0.25) is 0 Å². The molecule has 3 aromatic rings. The van der Waals surface area contributed by atoms with Crippen LogP contribution in [0.3, 0.4) is 0 Å². The van der Waals surface area contributed by atoms with Gasteiger partial charge in [0.25, 0.3) is 0 Å². The lowest BCUT2D eigenvalue weighted by molar-refractivity contribution is 0.558. The normalized spacial score (nSPS) is 10.9. The van der Waals surface area contributed by atoms with Crippen LogP contribution in [0.25, 0.3) is 0 Å². The maximum Gasteiger partial charge on any atom is 0.172 e. The number of aryl methyl sites for hydroxylation is 4. The van der Waals surface area contributed by atoms with Gasteiger partial charge in [-0.3, -0.25) is 9.36 Å². The molecule has 0 spiro atoms. The van der Waals surface area contributed by atoms with Crippen molar-refractivity contribution in [2.75, 3.05) is 11.9 Å². The van der Waals surface area contributed by atoms with E-state index in [1.54, 1.807) is 0 Å². The molecule has 0 aliphatic heterocycles. The number of nitrogens with one attached hydrogen (secondary N) is 2. The van der Waals surface area contributed by atoms with Crippen molar-refractivity contribution in [1.29, 1.82) is 0 Å². The largest absolute Gasteiger partial charge is 0.362 e. The van der Waals surface area contributed by atoms with Gasteiger partial charge in [0.15, 0.2) is 10.9 Å². The predicted molar refractivity (Wildman–Crippen MR) is 121 cm³/mol. The topological polar surface area (TPSA) is 59.7 Å². The quantitative estimate of drug-likeness (QED) is 0.408. The summed E-state index contributed by atoms with van der Waals surface area (Å²) in [4.78, 5) is 0. The Labute approximate surface area is 179 Å². The third-order valence-corrected chi connectivity index (χ3v) is 5.18. The van der Waals surface area contributed by atoms with E-state index in [-0.39, 0.29) is 0 Å². The van der Waals surface area contributed by atoms with E-state index < -0.39 is 0 Å². The Kier molecular flexibility index (Phi) is 6.85. The molecular formula is C20H25BrN6S. The molecule has 8 heteroatoms.